The summed E-state index contributed by atoms with van der Waals surface area (Å²) in [7, 11) is 1.58. The maximum Gasteiger partial charge on any atom is 0.313 e. The predicted molar refractivity (Wildman–Crippen MR) is 100 cm³/mol. The zero-order chi connectivity index (χ0) is 19.2. The molecular formula is C19H21ClN2O4. The van der Waals surface area contributed by atoms with Gasteiger partial charge in [-0.2, -0.15) is 0 Å². The zero-order valence-corrected chi connectivity index (χ0v) is 15.3. The van der Waals surface area contributed by atoms with Crippen molar-refractivity contribution in [3.05, 3.63) is 59.1 Å². The first-order valence-corrected chi connectivity index (χ1v) is 8.37. The van der Waals surface area contributed by atoms with Crippen molar-refractivity contribution in [1.82, 2.24) is 5.32 Å². The lowest BCUT2D eigenvalue weighted by molar-refractivity contribution is -0.136. The third-order valence-electron chi connectivity index (χ3n) is 3.70. The highest BCUT2D eigenvalue weighted by Gasteiger charge is 2.24. The van der Waals surface area contributed by atoms with Crippen LogP contribution < -0.4 is 15.4 Å². The monoisotopic (exact) mass is 376 g/mol. The lowest BCUT2D eigenvalue weighted by Gasteiger charge is -2.23. The summed E-state index contributed by atoms with van der Waals surface area (Å²) in [5.74, 6) is -0.976. The van der Waals surface area contributed by atoms with Gasteiger partial charge in [-0.05, 0) is 36.8 Å². The van der Waals surface area contributed by atoms with Crippen LogP contribution in [-0.4, -0.2) is 36.2 Å². The van der Waals surface area contributed by atoms with Crippen LogP contribution in [0.15, 0.2) is 48.5 Å². The van der Waals surface area contributed by atoms with Gasteiger partial charge in [0.2, 0.25) is 0 Å². The highest BCUT2D eigenvalue weighted by molar-refractivity contribution is 6.41. The average Bonchev–Trinajstić information content (AvgIpc) is 2.62. The van der Waals surface area contributed by atoms with Crippen molar-refractivity contribution in [2.24, 2.45) is 0 Å². The summed E-state index contributed by atoms with van der Waals surface area (Å²) in [5.41, 5.74) is 0.0134. The predicted octanol–water partition coefficient (Wildman–Crippen LogP) is 2.40. The second-order valence-electron chi connectivity index (χ2n) is 6.14. The number of para-hydroxylation sites is 1. The van der Waals surface area contributed by atoms with Crippen LogP contribution in [0.4, 0.5) is 5.69 Å². The zero-order valence-electron chi connectivity index (χ0n) is 14.6. The quantitative estimate of drug-likeness (QED) is 0.675. The van der Waals surface area contributed by atoms with E-state index in [1.54, 1.807) is 50.4 Å². The van der Waals surface area contributed by atoms with E-state index in [2.05, 4.69) is 10.6 Å². The number of aliphatic hydroxyl groups is 1. The molecule has 0 fully saturated rings. The van der Waals surface area contributed by atoms with Crippen LogP contribution in [-0.2, 0) is 16.0 Å². The Kier molecular flexibility index (Phi) is 6.60. The minimum absolute atomic E-state index is 0.0756. The van der Waals surface area contributed by atoms with Crippen LogP contribution in [0.2, 0.25) is 5.02 Å². The lowest BCUT2D eigenvalue weighted by Crippen LogP contribution is -2.45. The molecule has 0 saturated heterocycles. The topological polar surface area (TPSA) is 87.7 Å². The minimum Gasteiger partial charge on any atom is -0.497 e. The molecule has 2 amide bonds. The van der Waals surface area contributed by atoms with Crippen molar-refractivity contribution < 1.29 is 19.4 Å². The van der Waals surface area contributed by atoms with Crippen LogP contribution in [0.5, 0.6) is 5.75 Å². The van der Waals surface area contributed by atoms with Gasteiger partial charge in [0.15, 0.2) is 0 Å². The smallest absolute Gasteiger partial charge is 0.313 e. The normalized spacial score (nSPS) is 12.8. The second-order valence-corrected chi connectivity index (χ2v) is 6.55. The fraction of sp³-hybridized carbons (Fsp3) is 0.263. The summed E-state index contributed by atoms with van der Waals surface area (Å²) in [6.45, 7) is 1.51. The number of benzene rings is 2. The van der Waals surface area contributed by atoms with E-state index in [1.165, 1.54) is 0 Å². The first kappa shape index (κ1) is 19.8. The molecule has 6 nitrogen and oxygen atoms in total. The van der Waals surface area contributed by atoms with Gasteiger partial charge in [0.25, 0.3) is 0 Å². The summed E-state index contributed by atoms with van der Waals surface area (Å²) in [4.78, 5) is 23.9. The number of rotatable bonds is 6. The summed E-state index contributed by atoms with van der Waals surface area (Å²) in [5, 5.41) is 15.7. The van der Waals surface area contributed by atoms with Gasteiger partial charge in [-0.3, -0.25) is 9.59 Å². The molecule has 0 saturated carbocycles. The molecule has 0 aliphatic heterocycles. The fourth-order valence-corrected chi connectivity index (χ4v) is 2.52. The molecule has 3 N–H and O–H groups in total. The fourth-order valence-electron chi connectivity index (χ4n) is 2.34. The summed E-state index contributed by atoms with van der Waals surface area (Å²) < 4.78 is 5.09. The standard InChI is InChI=1S/C19H21ClN2O4/c1-19(25,11-13-7-9-14(26-2)10-8-13)12-21-17(23)18(24)22-16-6-4-3-5-15(16)20/h3-10,25H,11-12H2,1-2H3,(H,21,23)(H,22,24)/t19-/m1/s1. The van der Waals surface area contributed by atoms with E-state index < -0.39 is 17.4 Å². The number of ether oxygens (including phenoxy) is 1. The van der Waals surface area contributed by atoms with E-state index >= 15 is 0 Å². The molecule has 26 heavy (non-hydrogen) atoms. The van der Waals surface area contributed by atoms with E-state index in [9.17, 15) is 14.7 Å². The third-order valence-corrected chi connectivity index (χ3v) is 4.03. The Labute approximate surface area is 157 Å². The third kappa shape index (κ3) is 5.75. The van der Waals surface area contributed by atoms with Crippen LogP contribution >= 0.6 is 11.6 Å². The van der Waals surface area contributed by atoms with Gasteiger partial charge in [-0.15, -0.1) is 0 Å². The lowest BCUT2D eigenvalue weighted by atomic mass is 9.96. The second kappa shape index (κ2) is 8.69. The Hall–Kier alpha value is -2.57. The highest BCUT2D eigenvalue weighted by Crippen LogP contribution is 2.20. The number of anilines is 1. The number of amides is 2. The molecule has 138 valence electrons. The van der Waals surface area contributed by atoms with Crippen molar-refractivity contribution >= 4 is 29.1 Å². The van der Waals surface area contributed by atoms with Crippen LogP contribution in [0.25, 0.3) is 0 Å². The molecule has 0 unspecified atom stereocenters. The van der Waals surface area contributed by atoms with Gasteiger partial charge >= 0.3 is 11.8 Å². The Balaban J connectivity index is 1.88. The summed E-state index contributed by atoms with van der Waals surface area (Å²) >= 11 is 5.94. The number of methoxy groups -OCH3 is 1. The average molecular weight is 377 g/mol. The minimum atomic E-state index is -1.21. The van der Waals surface area contributed by atoms with Crippen LogP contribution in [0.3, 0.4) is 0 Å². The molecule has 7 heteroatoms. The van der Waals surface area contributed by atoms with Gasteiger partial charge in [0.05, 0.1) is 23.4 Å². The van der Waals surface area contributed by atoms with Crippen LogP contribution in [0, 0.1) is 0 Å². The number of hydrogen-bond donors (Lipinski definition) is 3. The van der Waals surface area contributed by atoms with Gasteiger partial charge in [-0.1, -0.05) is 35.9 Å². The molecule has 0 aliphatic rings. The van der Waals surface area contributed by atoms with Crippen molar-refractivity contribution in [1.29, 1.82) is 0 Å². The number of nitrogens with one attached hydrogen (secondary N) is 2. The first-order chi connectivity index (χ1) is 12.3. The number of carbonyl (C=O) groups excluding carboxylic acids is 2. The molecule has 1 atom stereocenters. The molecule has 0 spiro atoms. The molecule has 2 aromatic rings. The molecular weight excluding hydrogens is 356 g/mol. The summed E-state index contributed by atoms with van der Waals surface area (Å²) in [6.07, 6.45) is 0.309. The van der Waals surface area contributed by atoms with Gasteiger partial charge < -0.3 is 20.5 Å². The molecule has 0 aromatic heterocycles. The Morgan fingerprint density at radius 1 is 1.12 bits per heavy atom. The van der Waals surface area contributed by atoms with Crippen molar-refractivity contribution in [3.8, 4) is 5.75 Å². The first-order valence-electron chi connectivity index (χ1n) is 8.00. The highest BCUT2D eigenvalue weighted by atomic mass is 35.5. The Bertz CT molecular complexity index is 775. The van der Waals surface area contributed by atoms with E-state index in [0.29, 0.717) is 17.1 Å². The number of carbonyl (C=O) groups is 2. The van der Waals surface area contributed by atoms with Crippen molar-refractivity contribution in [2.45, 2.75) is 18.9 Å². The van der Waals surface area contributed by atoms with Gasteiger partial charge in [-0.25, -0.2) is 0 Å². The molecule has 0 bridgehead atoms. The molecule has 2 aromatic carbocycles. The maximum absolute atomic E-state index is 11.9. The van der Waals surface area contributed by atoms with Gasteiger partial charge in [0, 0.05) is 13.0 Å². The van der Waals surface area contributed by atoms with Crippen molar-refractivity contribution in [2.75, 3.05) is 19.0 Å². The van der Waals surface area contributed by atoms with Crippen LogP contribution in [0.1, 0.15) is 12.5 Å². The number of halogens is 1. The van der Waals surface area contributed by atoms with E-state index in [0.717, 1.165) is 11.3 Å². The maximum atomic E-state index is 11.9. The molecule has 0 aliphatic carbocycles. The Morgan fingerprint density at radius 2 is 1.77 bits per heavy atom. The largest absolute Gasteiger partial charge is 0.497 e. The SMILES string of the molecule is COc1ccc(C[C@@](C)(O)CNC(=O)C(=O)Nc2ccccc2Cl)cc1. The van der Waals surface area contributed by atoms with E-state index in [1.807, 2.05) is 12.1 Å². The van der Waals surface area contributed by atoms with E-state index in [-0.39, 0.29) is 6.54 Å². The van der Waals surface area contributed by atoms with Gasteiger partial charge in [0.1, 0.15) is 5.75 Å². The molecule has 2 rings (SSSR count). The molecule has 0 radical (unpaired) electrons. The molecule has 0 heterocycles. The number of hydrogen-bond acceptors (Lipinski definition) is 4. The summed E-state index contributed by atoms with van der Waals surface area (Å²) in [6, 6.07) is 13.9. The van der Waals surface area contributed by atoms with Crippen molar-refractivity contribution in [3.63, 3.8) is 0 Å². The van der Waals surface area contributed by atoms with E-state index in [4.69, 9.17) is 16.3 Å². The Morgan fingerprint density at radius 3 is 2.38 bits per heavy atom.